The SMILES string of the molecule is CCNC(=NCc1noc(C)n1)NC1CCCN(c2ccccc2Cl)C1.I. The molecule has 1 fully saturated rings. The number of rotatable bonds is 5. The van der Waals surface area contributed by atoms with E-state index in [9.17, 15) is 0 Å². The van der Waals surface area contributed by atoms with Gasteiger partial charge in [0.05, 0.1) is 10.7 Å². The Hall–Kier alpha value is -1.55. The Morgan fingerprint density at radius 3 is 2.93 bits per heavy atom. The van der Waals surface area contributed by atoms with E-state index in [0.29, 0.717) is 24.3 Å². The minimum absolute atomic E-state index is 0. The summed E-state index contributed by atoms with van der Waals surface area (Å²) in [6.45, 7) is 6.89. The van der Waals surface area contributed by atoms with Crippen LogP contribution in [0.4, 0.5) is 5.69 Å². The smallest absolute Gasteiger partial charge is 0.223 e. The predicted octanol–water partition coefficient (Wildman–Crippen LogP) is 3.37. The number of piperidine rings is 1. The number of aryl methyl sites for hydroxylation is 1. The third kappa shape index (κ3) is 6.24. The van der Waals surface area contributed by atoms with Crippen molar-refractivity contribution in [1.29, 1.82) is 0 Å². The number of aliphatic imine (C=N–C) groups is 1. The van der Waals surface area contributed by atoms with Crippen molar-refractivity contribution in [2.75, 3.05) is 24.5 Å². The average molecular weight is 505 g/mol. The van der Waals surface area contributed by atoms with E-state index in [1.807, 2.05) is 25.1 Å². The summed E-state index contributed by atoms with van der Waals surface area (Å²) < 4.78 is 4.99. The minimum atomic E-state index is 0. The number of hydrogen-bond acceptors (Lipinski definition) is 5. The van der Waals surface area contributed by atoms with Gasteiger partial charge in [0.15, 0.2) is 11.8 Å². The van der Waals surface area contributed by atoms with Gasteiger partial charge in [0, 0.05) is 32.6 Å². The zero-order chi connectivity index (χ0) is 18.4. The molecule has 0 amide bonds. The summed E-state index contributed by atoms with van der Waals surface area (Å²) in [5, 5.41) is 11.5. The number of hydrogen-bond donors (Lipinski definition) is 2. The quantitative estimate of drug-likeness (QED) is 0.369. The third-order valence-electron chi connectivity index (χ3n) is 4.25. The maximum atomic E-state index is 6.36. The zero-order valence-corrected chi connectivity index (χ0v) is 18.7. The van der Waals surface area contributed by atoms with Gasteiger partial charge < -0.3 is 20.1 Å². The Bertz CT molecular complexity index is 753. The molecular weight excluding hydrogens is 479 g/mol. The highest BCUT2D eigenvalue weighted by molar-refractivity contribution is 14.0. The van der Waals surface area contributed by atoms with Crippen LogP contribution in [0.1, 0.15) is 31.5 Å². The van der Waals surface area contributed by atoms with Crippen LogP contribution in [-0.2, 0) is 6.54 Å². The first kappa shape index (κ1) is 21.7. The lowest BCUT2D eigenvalue weighted by Crippen LogP contribution is -2.51. The second-order valence-electron chi connectivity index (χ2n) is 6.31. The van der Waals surface area contributed by atoms with E-state index in [2.05, 4.69) is 36.7 Å². The lowest BCUT2D eigenvalue weighted by molar-refractivity contribution is 0.387. The van der Waals surface area contributed by atoms with E-state index >= 15 is 0 Å². The monoisotopic (exact) mass is 504 g/mol. The summed E-state index contributed by atoms with van der Waals surface area (Å²) >= 11 is 6.36. The summed E-state index contributed by atoms with van der Waals surface area (Å²) in [4.78, 5) is 11.1. The second kappa shape index (κ2) is 10.7. The van der Waals surface area contributed by atoms with E-state index in [1.54, 1.807) is 6.92 Å². The molecule has 2 heterocycles. The molecule has 1 aromatic heterocycles. The fourth-order valence-electron chi connectivity index (χ4n) is 3.09. The van der Waals surface area contributed by atoms with Gasteiger partial charge in [-0.25, -0.2) is 4.99 Å². The molecule has 1 saturated heterocycles. The molecule has 0 radical (unpaired) electrons. The van der Waals surface area contributed by atoms with Crippen molar-refractivity contribution in [2.45, 2.75) is 39.3 Å². The summed E-state index contributed by atoms with van der Waals surface area (Å²) in [6.07, 6.45) is 2.19. The van der Waals surface area contributed by atoms with Gasteiger partial charge in [-0.2, -0.15) is 4.98 Å². The first-order valence-electron chi connectivity index (χ1n) is 8.99. The topological polar surface area (TPSA) is 78.6 Å². The van der Waals surface area contributed by atoms with Crippen molar-refractivity contribution in [3.8, 4) is 0 Å². The predicted molar refractivity (Wildman–Crippen MR) is 119 cm³/mol. The van der Waals surface area contributed by atoms with Gasteiger partial charge in [-0.15, -0.1) is 24.0 Å². The van der Waals surface area contributed by atoms with Gasteiger partial charge in [0.1, 0.15) is 6.54 Å². The molecule has 1 aromatic carbocycles. The van der Waals surface area contributed by atoms with Crippen LogP contribution in [0.3, 0.4) is 0 Å². The lowest BCUT2D eigenvalue weighted by Gasteiger charge is -2.35. The second-order valence-corrected chi connectivity index (χ2v) is 6.71. The van der Waals surface area contributed by atoms with E-state index in [0.717, 1.165) is 49.1 Å². The normalized spacial score (nSPS) is 17.4. The first-order valence-corrected chi connectivity index (χ1v) is 9.37. The van der Waals surface area contributed by atoms with Crippen molar-refractivity contribution in [3.05, 3.63) is 41.0 Å². The molecule has 0 aliphatic carbocycles. The van der Waals surface area contributed by atoms with Crippen molar-refractivity contribution >= 4 is 47.2 Å². The number of nitrogens with zero attached hydrogens (tertiary/aromatic N) is 4. The molecule has 0 saturated carbocycles. The number of aromatic nitrogens is 2. The van der Waals surface area contributed by atoms with Gasteiger partial charge in [-0.1, -0.05) is 28.9 Å². The molecule has 27 heavy (non-hydrogen) atoms. The van der Waals surface area contributed by atoms with Crippen LogP contribution in [0.15, 0.2) is 33.8 Å². The maximum Gasteiger partial charge on any atom is 0.223 e. The summed E-state index contributed by atoms with van der Waals surface area (Å²) in [5.41, 5.74) is 1.09. The highest BCUT2D eigenvalue weighted by atomic mass is 127. The molecule has 1 aliphatic rings. The molecule has 2 N–H and O–H groups in total. The molecule has 1 unspecified atom stereocenters. The number of halogens is 2. The average Bonchev–Trinajstić information content (AvgIpc) is 3.06. The largest absolute Gasteiger partial charge is 0.368 e. The number of anilines is 1. The number of guanidine groups is 1. The highest BCUT2D eigenvalue weighted by Gasteiger charge is 2.22. The van der Waals surface area contributed by atoms with Gasteiger partial charge in [-0.05, 0) is 31.9 Å². The molecule has 2 aromatic rings. The van der Waals surface area contributed by atoms with Crippen LogP contribution in [-0.4, -0.2) is 41.8 Å². The maximum absolute atomic E-state index is 6.36. The Morgan fingerprint density at radius 2 is 2.22 bits per heavy atom. The Labute approximate surface area is 182 Å². The van der Waals surface area contributed by atoms with E-state index in [1.165, 1.54) is 0 Å². The molecule has 9 heteroatoms. The van der Waals surface area contributed by atoms with Gasteiger partial charge in [0.25, 0.3) is 0 Å². The fourth-order valence-corrected chi connectivity index (χ4v) is 3.35. The first-order chi connectivity index (χ1) is 12.7. The molecule has 3 rings (SSSR count). The molecular formula is C18H26ClIN6O. The number of para-hydroxylation sites is 1. The summed E-state index contributed by atoms with van der Waals surface area (Å²) in [6, 6.07) is 8.29. The van der Waals surface area contributed by atoms with Crippen molar-refractivity contribution < 1.29 is 4.52 Å². The van der Waals surface area contributed by atoms with Crippen LogP contribution in [0.25, 0.3) is 0 Å². The Balaban J connectivity index is 0.00000261. The van der Waals surface area contributed by atoms with Gasteiger partial charge in [-0.3, -0.25) is 0 Å². The van der Waals surface area contributed by atoms with Crippen molar-refractivity contribution in [1.82, 2.24) is 20.8 Å². The van der Waals surface area contributed by atoms with Crippen LogP contribution in [0.5, 0.6) is 0 Å². The lowest BCUT2D eigenvalue weighted by atomic mass is 10.0. The standard InChI is InChI=1S/C18H25ClN6O.HI/c1-3-20-18(21-11-17-22-13(2)26-24-17)23-14-7-6-10-25(12-14)16-9-5-4-8-15(16)19;/h4-5,8-9,14H,3,6-7,10-12H2,1-2H3,(H2,20,21,23);1H. The molecule has 1 aliphatic heterocycles. The number of benzene rings is 1. The van der Waals surface area contributed by atoms with Crippen molar-refractivity contribution in [2.24, 2.45) is 4.99 Å². The van der Waals surface area contributed by atoms with E-state index < -0.39 is 0 Å². The molecule has 0 bridgehead atoms. The molecule has 0 spiro atoms. The van der Waals surface area contributed by atoms with E-state index in [4.69, 9.17) is 16.1 Å². The fraction of sp³-hybridized carbons (Fsp3) is 0.500. The zero-order valence-electron chi connectivity index (χ0n) is 15.6. The summed E-state index contributed by atoms with van der Waals surface area (Å²) in [7, 11) is 0. The van der Waals surface area contributed by atoms with Crippen LogP contribution < -0.4 is 15.5 Å². The molecule has 1 atom stereocenters. The Morgan fingerprint density at radius 1 is 1.41 bits per heavy atom. The van der Waals surface area contributed by atoms with Crippen LogP contribution in [0.2, 0.25) is 5.02 Å². The molecule has 148 valence electrons. The molecule has 7 nitrogen and oxygen atoms in total. The van der Waals surface area contributed by atoms with Gasteiger partial charge in [0.2, 0.25) is 5.89 Å². The Kier molecular flexibility index (Phi) is 8.62. The van der Waals surface area contributed by atoms with Crippen molar-refractivity contribution in [3.63, 3.8) is 0 Å². The van der Waals surface area contributed by atoms with Gasteiger partial charge >= 0.3 is 0 Å². The number of nitrogens with one attached hydrogen (secondary N) is 2. The summed E-state index contributed by atoms with van der Waals surface area (Å²) in [5.74, 6) is 1.90. The van der Waals surface area contributed by atoms with Crippen LogP contribution in [0, 0.1) is 6.92 Å². The highest BCUT2D eigenvalue weighted by Crippen LogP contribution is 2.27. The van der Waals surface area contributed by atoms with E-state index in [-0.39, 0.29) is 24.0 Å². The third-order valence-corrected chi connectivity index (χ3v) is 4.57. The van der Waals surface area contributed by atoms with Crippen LogP contribution >= 0.6 is 35.6 Å². The minimum Gasteiger partial charge on any atom is -0.368 e.